The van der Waals surface area contributed by atoms with Gasteiger partial charge in [0.15, 0.2) is 11.6 Å². The molecule has 0 aliphatic carbocycles. The molecule has 0 aliphatic heterocycles. The number of para-hydroxylation sites is 1. The van der Waals surface area contributed by atoms with Gasteiger partial charge in [0.05, 0.1) is 11.0 Å². The lowest BCUT2D eigenvalue weighted by Gasteiger charge is -2.08. The smallest absolute Gasteiger partial charge is 0.323 e. The third kappa shape index (κ3) is 3.75. The zero-order chi connectivity index (χ0) is 19.5. The number of pyridine rings is 1. The normalized spacial score (nSPS) is 10.8. The number of aromatic amines is 2. The Bertz CT molecular complexity index is 1200. The number of nitrogens with zero attached hydrogens (tertiary/aromatic N) is 1. The summed E-state index contributed by atoms with van der Waals surface area (Å²) in [4.78, 5) is 33.0. The number of hydrogen-bond acceptors (Lipinski definition) is 4. The fourth-order valence-electron chi connectivity index (χ4n) is 2.67. The second kappa shape index (κ2) is 7.36. The first-order valence-corrected chi connectivity index (χ1v) is 8.46. The van der Waals surface area contributed by atoms with Crippen LogP contribution in [-0.4, -0.2) is 20.9 Å². The zero-order valence-electron chi connectivity index (χ0n) is 14.5. The lowest BCUT2D eigenvalue weighted by atomic mass is 10.2. The SMILES string of the molecule is O=C(NCc1ccc(Oc2ccccc2F)nc1)c1ccc2[nH]c(=O)[nH]c2c1. The maximum Gasteiger partial charge on any atom is 0.323 e. The van der Waals surface area contributed by atoms with Crippen molar-refractivity contribution in [3.63, 3.8) is 0 Å². The van der Waals surface area contributed by atoms with Crippen LogP contribution in [0.2, 0.25) is 0 Å². The van der Waals surface area contributed by atoms with Crippen molar-refractivity contribution in [1.82, 2.24) is 20.3 Å². The fraction of sp³-hybridized carbons (Fsp3) is 0.0500. The van der Waals surface area contributed by atoms with Crippen molar-refractivity contribution in [2.45, 2.75) is 6.54 Å². The van der Waals surface area contributed by atoms with Gasteiger partial charge in [0.25, 0.3) is 5.91 Å². The maximum absolute atomic E-state index is 13.6. The summed E-state index contributed by atoms with van der Waals surface area (Å²) in [5, 5.41) is 2.78. The van der Waals surface area contributed by atoms with Crippen molar-refractivity contribution >= 4 is 16.9 Å². The molecule has 7 nitrogen and oxygen atoms in total. The van der Waals surface area contributed by atoms with Crippen molar-refractivity contribution in [1.29, 1.82) is 0 Å². The van der Waals surface area contributed by atoms with Crippen LogP contribution in [0.3, 0.4) is 0 Å². The van der Waals surface area contributed by atoms with Gasteiger partial charge in [0.2, 0.25) is 5.88 Å². The van der Waals surface area contributed by atoms with Crippen LogP contribution in [0.5, 0.6) is 11.6 Å². The Morgan fingerprint density at radius 1 is 1.07 bits per heavy atom. The Morgan fingerprint density at radius 2 is 1.89 bits per heavy atom. The molecular weight excluding hydrogens is 363 g/mol. The quantitative estimate of drug-likeness (QED) is 0.497. The van der Waals surface area contributed by atoms with Gasteiger partial charge in [-0.3, -0.25) is 4.79 Å². The van der Waals surface area contributed by atoms with E-state index in [1.165, 1.54) is 12.1 Å². The number of aromatic nitrogens is 3. The molecule has 2 aromatic heterocycles. The van der Waals surface area contributed by atoms with Gasteiger partial charge in [-0.2, -0.15) is 0 Å². The van der Waals surface area contributed by atoms with E-state index in [2.05, 4.69) is 20.3 Å². The first kappa shape index (κ1) is 17.5. The molecule has 0 radical (unpaired) electrons. The van der Waals surface area contributed by atoms with Crippen LogP contribution in [0.25, 0.3) is 11.0 Å². The first-order chi connectivity index (χ1) is 13.6. The summed E-state index contributed by atoms with van der Waals surface area (Å²) < 4.78 is 19.0. The van der Waals surface area contributed by atoms with Crippen LogP contribution < -0.4 is 15.7 Å². The van der Waals surface area contributed by atoms with Crippen LogP contribution >= 0.6 is 0 Å². The Hall–Kier alpha value is -3.94. The van der Waals surface area contributed by atoms with Crippen LogP contribution in [0.4, 0.5) is 4.39 Å². The molecule has 2 heterocycles. The van der Waals surface area contributed by atoms with Gasteiger partial charge >= 0.3 is 5.69 Å². The Morgan fingerprint density at radius 3 is 2.68 bits per heavy atom. The highest BCUT2D eigenvalue weighted by Gasteiger charge is 2.09. The van der Waals surface area contributed by atoms with E-state index in [0.29, 0.717) is 16.6 Å². The van der Waals surface area contributed by atoms with Crippen molar-refractivity contribution in [3.8, 4) is 11.6 Å². The number of carbonyl (C=O) groups is 1. The fourth-order valence-corrected chi connectivity index (χ4v) is 2.67. The van der Waals surface area contributed by atoms with E-state index in [1.54, 1.807) is 48.7 Å². The number of ether oxygens (including phenoxy) is 1. The average Bonchev–Trinajstić information content (AvgIpc) is 3.08. The average molecular weight is 378 g/mol. The van der Waals surface area contributed by atoms with Crippen LogP contribution in [0.15, 0.2) is 65.6 Å². The van der Waals surface area contributed by atoms with E-state index in [4.69, 9.17) is 4.74 Å². The number of nitrogens with one attached hydrogen (secondary N) is 3. The molecule has 0 saturated carbocycles. The standard InChI is InChI=1S/C20H15FN4O3/c21-14-3-1-2-4-17(14)28-18-8-5-12(10-22-18)11-23-19(26)13-6-7-15-16(9-13)25-20(27)24-15/h1-10H,11H2,(H,23,26)(H2,24,25,27). The number of amides is 1. The molecule has 0 bridgehead atoms. The molecular formula is C20H15FN4O3. The molecule has 140 valence electrons. The highest BCUT2D eigenvalue weighted by atomic mass is 19.1. The molecule has 0 atom stereocenters. The van der Waals surface area contributed by atoms with Gasteiger partial charge in [-0.05, 0) is 35.9 Å². The number of benzene rings is 2. The first-order valence-electron chi connectivity index (χ1n) is 8.46. The third-order valence-electron chi connectivity index (χ3n) is 4.08. The van der Waals surface area contributed by atoms with Crippen LogP contribution in [0.1, 0.15) is 15.9 Å². The molecule has 1 amide bonds. The summed E-state index contributed by atoms with van der Waals surface area (Å²) in [5.41, 5.74) is 2.06. The Labute approximate surface area is 158 Å². The summed E-state index contributed by atoms with van der Waals surface area (Å²) in [7, 11) is 0. The largest absolute Gasteiger partial charge is 0.436 e. The summed E-state index contributed by atoms with van der Waals surface area (Å²) in [5.74, 6) is -0.409. The molecule has 3 N–H and O–H groups in total. The molecule has 4 rings (SSSR count). The van der Waals surface area contributed by atoms with Crippen molar-refractivity contribution in [2.75, 3.05) is 0 Å². The minimum Gasteiger partial charge on any atom is -0.436 e. The lowest BCUT2D eigenvalue weighted by Crippen LogP contribution is -2.22. The van der Waals surface area contributed by atoms with Gasteiger partial charge in [-0.1, -0.05) is 18.2 Å². The van der Waals surface area contributed by atoms with Crippen LogP contribution in [0, 0.1) is 5.82 Å². The zero-order valence-corrected chi connectivity index (χ0v) is 14.5. The molecule has 0 spiro atoms. The second-order valence-corrected chi connectivity index (χ2v) is 6.06. The van der Waals surface area contributed by atoms with E-state index in [1.807, 2.05) is 0 Å². The molecule has 28 heavy (non-hydrogen) atoms. The monoisotopic (exact) mass is 378 g/mol. The minimum atomic E-state index is -0.471. The number of halogens is 1. The predicted molar refractivity (Wildman–Crippen MR) is 101 cm³/mol. The number of hydrogen-bond donors (Lipinski definition) is 3. The van der Waals surface area contributed by atoms with E-state index in [-0.39, 0.29) is 29.8 Å². The summed E-state index contributed by atoms with van der Waals surface area (Å²) in [6.07, 6.45) is 1.54. The highest BCUT2D eigenvalue weighted by Crippen LogP contribution is 2.22. The van der Waals surface area contributed by atoms with Crippen molar-refractivity contribution in [3.05, 3.63) is 88.2 Å². The topological polar surface area (TPSA) is 99.9 Å². The predicted octanol–water partition coefficient (Wildman–Crippen LogP) is 3.11. The molecule has 2 aromatic carbocycles. The van der Waals surface area contributed by atoms with Crippen LogP contribution in [-0.2, 0) is 6.54 Å². The number of rotatable bonds is 5. The second-order valence-electron chi connectivity index (χ2n) is 6.06. The molecule has 8 heteroatoms. The molecule has 0 unspecified atom stereocenters. The summed E-state index contributed by atoms with van der Waals surface area (Å²) in [6, 6.07) is 14.3. The number of imidazole rings is 1. The molecule has 4 aromatic rings. The number of carbonyl (C=O) groups excluding carboxylic acids is 1. The maximum atomic E-state index is 13.6. The van der Waals surface area contributed by atoms with E-state index in [9.17, 15) is 14.0 Å². The van der Waals surface area contributed by atoms with Gasteiger partial charge < -0.3 is 20.0 Å². The van der Waals surface area contributed by atoms with Crippen molar-refractivity contribution < 1.29 is 13.9 Å². The number of fused-ring (bicyclic) bond motifs is 1. The van der Waals surface area contributed by atoms with Crippen molar-refractivity contribution in [2.24, 2.45) is 0 Å². The third-order valence-corrected chi connectivity index (χ3v) is 4.08. The number of H-pyrrole nitrogens is 2. The van der Waals surface area contributed by atoms with Gasteiger partial charge in [0, 0.05) is 24.4 Å². The van der Waals surface area contributed by atoms with Gasteiger partial charge in [-0.25, -0.2) is 14.2 Å². The summed E-state index contributed by atoms with van der Waals surface area (Å²) >= 11 is 0. The van der Waals surface area contributed by atoms with E-state index < -0.39 is 5.82 Å². The van der Waals surface area contributed by atoms with E-state index >= 15 is 0 Å². The molecule has 0 saturated heterocycles. The van der Waals surface area contributed by atoms with Gasteiger partial charge in [-0.15, -0.1) is 0 Å². The molecule has 0 fully saturated rings. The van der Waals surface area contributed by atoms with E-state index in [0.717, 1.165) is 5.56 Å². The Kier molecular flexibility index (Phi) is 4.59. The highest BCUT2D eigenvalue weighted by molar-refractivity contribution is 5.97. The Balaban J connectivity index is 1.39. The van der Waals surface area contributed by atoms with Gasteiger partial charge in [0.1, 0.15) is 0 Å². The molecule has 0 aliphatic rings. The minimum absolute atomic E-state index is 0.0919. The lowest BCUT2D eigenvalue weighted by molar-refractivity contribution is 0.0951. The summed E-state index contributed by atoms with van der Waals surface area (Å²) in [6.45, 7) is 0.257.